The minimum absolute atomic E-state index is 0.0139. The molecule has 0 aliphatic carbocycles. The van der Waals surface area contributed by atoms with Crippen molar-refractivity contribution >= 4 is 29.4 Å². The zero-order valence-electron chi connectivity index (χ0n) is 16.1. The summed E-state index contributed by atoms with van der Waals surface area (Å²) in [5, 5.41) is 5.02. The van der Waals surface area contributed by atoms with Gasteiger partial charge < -0.3 is 9.80 Å². The van der Waals surface area contributed by atoms with Gasteiger partial charge in [0, 0.05) is 49.5 Å². The Labute approximate surface area is 174 Å². The lowest BCUT2D eigenvalue weighted by Crippen LogP contribution is -2.48. The topological polar surface area (TPSA) is 67.2 Å². The molecule has 1 saturated heterocycles. The lowest BCUT2D eigenvalue weighted by Gasteiger charge is -2.35. The maximum absolute atomic E-state index is 12.5. The SMILES string of the molecule is Cc1ccn(-c2cc(N3CCN(C(=O)/C=C/c4ccccc4Cl)CC3)ncn2)n1. The number of nitrogens with zero attached hydrogens (tertiary/aromatic N) is 6. The van der Waals surface area contributed by atoms with Gasteiger partial charge in [0.2, 0.25) is 5.91 Å². The van der Waals surface area contributed by atoms with E-state index in [2.05, 4.69) is 20.0 Å². The molecule has 0 atom stereocenters. The number of hydrogen-bond donors (Lipinski definition) is 0. The fraction of sp³-hybridized carbons (Fsp3) is 0.238. The van der Waals surface area contributed by atoms with Crippen molar-refractivity contribution in [2.24, 2.45) is 0 Å². The first-order valence-corrected chi connectivity index (χ1v) is 9.79. The Kier molecular flexibility index (Phi) is 5.57. The molecular formula is C21H21ClN6O. The standard InChI is InChI=1S/C21H21ClN6O/c1-16-8-9-28(25-16)20-14-19(23-15-24-20)26-10-12-27(13-11-26)21(29)7-6-17-4-2-3-5-18(17)22/h2-9,14-15H,10-13H2,1H3/b7-6+. The van der Waals surface area contributed by atoms with Gasteiger partial charge in [0.15, 0.2) is 5.82 Å². The van der Waals surface area contributed by atoms with E-state index in [0.29, 0.717) is 31.2 Å². The highest BCUT2D eigenvalue weighted by molar-refractivity contribution is 6.32. The van der Waals surface area contributed by atoms with E-state index in [1.165, 1.54) is 0 Å². The third kappa shape index (κ3) is 4.46. The predicted octanol–water partition coefficient (Wildman–Crippen LogP) is 2.99. The summed E-state index contributed by atoms with van der Waals surface area (Å²) < 4.78 is 1.74. The largest absolute Gasteiger partial charge is 0.353 e. The molecule has 3 heterocycles. The van der Waals surface area contributed by atoms with Crippen LogP contribution in [0, 0.1) is 6.92 Å². The number of hydrogen-bond acceptors (Lipinski definition) is 5. The van der Waals surface area contributed by atoms with Crippen molar-refractivity contribution in [1.82, 2.24) is 24.6 Å². The molecule has 148 valence electrons. The first-order valence-electron chi connectivity index (χ1n) is 9.41. The quantitative estimate of drug-likeness (QED) is 0.621. The first-order chi connectivity index (χ1) is 14.1. The molecular weight excluding hydrogens is 388 g/mol. The fourth-order valence-corrected chi connectivity index (χ4v) is 3.41. The van der Waals surface area contributed by atoms with E-state index < -0.39 is 0 Å². The molecule has 0 radical (unpaired) electrons. The Bertz CT molecular complexity index is 1040. The monoisotopic (exact) mass is 408 g/mol. The maximum Gasteiger partial charge on any atom is 0.246 e. The molecule has 0 spiro atoms. The zero-order chi connectivity index (χ0) is 20.2. The van der Waals surface area contributed by atoms with Gasteiger partial charge in [-0.15, -0.1) is 0 Å². The van der Waals surface area contributed by atoms with Gasteiger partial charge >= 0.3 is 0 Å². The van der Waals surface area contributed by atoms with Crippen LogP contribution in [0.25, 0.3) is 11.9 Å². The number of aryl methyl sites for hydroxylation is 1. The number of piperazine rings is 1. The Hall–Kier alpha value is -3.19. The number of rotatable bonds is 4. The zero-order valence-corrected chi connectivity index (χ0v) is 16.8. The molecule has 1 fully saturated rings. The average molecular weight is 409 g/mol. The Morgan fingerprint density at radius 3 is 2.55 bits per heavy atom. The minimum Gasteiger partial charge on any atom is -0.353 e. The van der Waals surface area contributed by atoms with E-state index >= 15 is 0 Å². The van der Waals surface area contributed by atoms with Crippen molar-refractivity contribution in [1.29, 1.82) is 0 Å². The summed E-state index contributed by atoms with van der Waals surface area (Å²) in [4.78, 5) is 25.2. The lowest BCUT2D eigenvalue weighted by atomic mass is 10.2. The van der Waals surface area contributed by atoms with Crippen molar-refractivity contribution in [2.75, 3.05) is 31.1 Å². The van der Waals surface area contributed by atoms with Gasteiger partial charge in [0.1, 0.15) is 12.1 Å². The van der Waals surface area contributed by atoms with Crippen molar-refractivity contribution < 1.29 is 4.79 Å². The number of carbonyl (C=O) groups excluding carboxylic acids is 1. The summed E-state index contributed by atoms with van der Waals surface area (Å²) in [6.07, 6.45) is 6.77. The van der Waals surface area contributed by atoms with Crippen LogP contribution in [0.2, 0.25) is 5.02 Å². The number of amides is 1. The maximum atomic E-state index is 12.5. The van der Waals surface area contributed by atoms with Gasteiger partial charge in [-0.2, -0.15) is 5.10 Å². The number of benzene rings is 1. The smallest absolute Gasteiger partial charge is 0.246 e. The van der Waals surface area contributed by atoms with E-state index in [4.69, 9.17) is 11.6 Å². The van der Waals surface area contributed by atoms with Crippen LogP contribution in [0.15, 0.2) is 55.0 Å². The van der Waals surface area contributed by atoms with Crippen LogP contribution < -0.4 is 4.90 Å². The summed E-state index contributed by atoms with van der Waals surface area (Å²) in [5.41, 5.74) is 1.77. The van der Waals surface area contributed by atoms with E-state index in [-0.39, 0.29) is 5.91 Å². The molecule has 8 heteroatoms. The third-order valence-electron chi connectivity index (χ3n) is 4.82. The van der Waals surface area contributed by atoms with Gasteiger partial charge in [-0.05, 0) is 30.7 Å². The van der Waals surface area contributed by atoms with Gasteiger partial charge in [-0.25, -0.2) is 14.6 Å². The van der Waals surface area contributed by atoms with Crippen molar-refractivity contribution in [2.45, 2.75) is 6.92 Å². The summed E-state index contributed by atoms with van der Waals surface area (Å²) in [6.45, 7) is 4.62. The minimum atomic E-state index is -0.0139. The van der Waals surface area contributed by atoms with Crippen LogP contribution in [0.3, 0.4) is 0 Å². The van der Waals surface area contributed by atoms with Gasteiger partial charge in [-0.1, -0.05) is 29.8 Å². The Morgan fingerprint density at radius 2 is 1.83 bits per heavy atom. The second-order valence-corrected chi connectivity index (χ2v) is 7.21. The van der Waals surface area contributed by atoms with Crippen LogP contribution >= 0.6 is 11.6 Å². The van der Waals surface area contributed by atoms with E-state index in [1.807, 2.05) is 54.4 Å². The van der Waals surface area contributed by atoms with Crippen molar-refractivity contribution in [3.63, 3.8) is 0 Å². The second-order valence-electron chi connectivity index (χ2n) is 6.80. The van der Waals surface area contributed by atoms with Crippen LogP contribution in [0.4, 0.5) is 5.82 Å². The van der Waals surface area contributed by atoms with Crippen LogP contribution in [-0.2, 0) is 4.79 Å². The summed E-state index contributed by atoms with van der Waals surface area (Å²) in [6, 6.07) is 11.3. The molecule has 1 aromatic carbocycles. The molecule has 1 aliphatic heterocycles. The predicted molar refractivity (Wildman–Crippen MR) is 113 cm³/mol. The van der Waals surface area contributed by atoms with E-state index in [0.717, 1.165) is 22.9 Å². The normalized spacial score (nSPS) is 14.6. The molecule has 1 amide bonds. The summed E-state index contributed by atoms with van der Waals surface area (Å²) in [7, 11) is 0. The van der Waals surface area contributed by atoms with Gasteiger partial charge in [-0.3, -0.25) is 4.79 Å². The number of aromatic nitrogens is 4. The molecule has 3 aromatic rings. The first kappa shape index (κ1) is 19.1. The molecule has 29 heavy (non-hydrogen) atoms. The lowest BCUT2D eigenvalue weighted by molar-refractivity contribution is -0.126. The van der Waals surface area contributed by atoms with E-state index in [1.54, 1.807) is 23.2 Å². The average Bonchev–Trinajstić information content (AvgIpc) is 3.19. The Balaban J connectivity index is 1.38. The summed E-state index contributed by atoms with van der Waals surface area (Å²) in [5.74, 6) is 1.55. The Morgan fingerprint density at radius 1 is 1.07 bits per heavy atom. The molecule has 0 unspecified atom stereocenters. The van der Waals surface area contributed by atoms with Gasteiger partial charge in [0.25, 0.3) is 0 Å². The second kappa shape index (κ2) is 8.45. The number of halogens is 1. The summed E-state index contributed by atoms with van der Waals surface area (Å²) >= 11 is 6.14. The van der Waals surface area contributed by atoms with Crippen LogP contribution in [0.1, 0.15) is 11.3 Å². The molecule has 1 aliphatic rings. The molecule has 0 N–H and O–H groups in total. The highest BCUT2D eigenvalue weighted by atomic mass is 35.5. The molecule has 0 bridgehead atoms. The van der Waals surface area contributed by atoms with Crippen molar-refractivity contribution in [3.05, 3.63) is 71.3 Å². The molecule has 2 aromatic heterocycles. The third-order valence-corrected chi connectivity index (χ3v) is 5.17. The van der Waals surface area contributed by atoms with Crippen LogP contribution in [-0.4, -0.2) is 56.7 Å². The number of anilines is 1. The molecule has 4 rings (SSSR count). The van der Waals surface area contributed by atoms with Gasteiger partial charge in [0.05, 0.1) is 5.69 Å². The number of carbonyl (C=O) groups is 1. The fourth-order valence-electron chi connectivity index (χ4n) is 3.21. The molecule has 0 saturated carbocycles. The molecule has 7 nitrogen and oxygen atoms in total. The highest BCUT2D eigenvalue weighted by Crippen LogP contribution is 2.18. The highest BCUT2D eigenvalue weighted by Gasteiger charge is 2.21. The van der Waals surface area contributed by atoms with Crippen LogP contribution in [0.5, 0.6) is 0 Å². The van der Waals surface area contributed by atoms with E-state index in [9.17, 15) is 4.79 Å². The van der Waals surface area contributed by atoms with Crippen molar-refractivity contribution in [3.8, 4) is 5.82 Å².